The van der Waals surface area contributed by atoms with Crippen LogP contribution >= 0.6 is 22.6 Å². The van der Waals surface area contributed by atoms with Gasteiger partial charge in [-0.3, -0.25) is 5.32 Å². The molecule has 0 spiro atoms. The first kappa shape index (κ1) is 10.0. The van der Waals surface area contributed by atoms with Gasteiger partial charge in [-0.05, 0) is 28.7 Å². The molecule has 0 saturated heterocycles. The molecule has 0 aliphatic rings. The highest BCUT2D eigenvalue weighted by atomic mass is 127. The summed E-state index contributed by atoms with van der Waals surface area (Å²) in [5.74, 6) is 0.483. The van der Waals surface area contributed by atoms with Crippen LogP contribution in [0, 0.1) is 3.57 Å². The van der Waals surface area contributed by atoms with E-state index in [1.54, 1.807) is 6.07 Å². The quantitative estimate of drug-likeness (QED) is 0.816. The third kappa shape index (κ3) is 2.72. The first-order chi connectivity index (χ1) is 6.13. The van der Waals surface area contributed by atoms with Crippen molar-refractivity contribution in [1.29, 1.82) is 0 Å². The van der Waals surface area contributed by atoms with Crippen molar-refractivity contribution in [2.24, 2.45) is 0 Å². The van der Waals surface area contributed by atoms with Crippen LogP contribution in [0.3, 0.4) is 0 Å². The van der Waals surface area contributed by atoms with Gasteiger partial charge < -0.3 is 9.84 Å². The molecule has 0 unspecified atom stereocenters. The summed E-state index contributed by atoms with van der Waals surface area (Å²) in [6.45, 7) is 0. The van der Waals surface area contributed by atoms with Gasteiger partial charge in [0.15, 0.2) is 0 Å². The zero-order valence-electron chi connectivity index (χ0n) is 6.74. The number of aromatic nitrogens is 1. The molecular formula is C7H7IN2O3. The summed E-state index contributed by atoms with van der Waals surface area (Å²) in [4.78, 5) is 14.2. The van der Waals surface area contributed by atoms with Crippen LogP contribution in [0.2, 0.25) is 0 Å². The van der Waals surface area contributed by atoms with Gasteiger partial charge in [0, 0.05) is 0 Å². The molecule has 6 heteroatoms. The average molecular weight is 294 g/mol. The Morgan fingerprint density at radius 1 is 1.77 bits per heavy atom. The Labute approximate surface area is 88.3 Å². The van der Waals surface area contributed by atoms with E-state index in [-0.39, 0.29) is 0 Å². The first-order valence-electron chi connectivity index (χ1n) is 3.33. The minimum atomic E-state index is -1.11. The number of methoxy groups -OCH3 is 1. The normalized spacial score (nSPS) is 9.38. The molecule has 0 aliphatic carbocycles. The third-order valence-electron chi connectivity index (χ3n) is 1.25. The molecule has 1 amide bonds. The molecule has 0 bridgehead atoms. The van der Waals surface area contributed by atoms with Gasteiger partial charge in [-0.15, -0.1) is 0 Å². The van der Waals surface area contributed by atoms with Crippen molar-refractivity contribution >= 4 is 34.4 Å². The molecule has 70 valence electrons. The topological polar surface area (TPSA) is 71.5 Å². The molecule has 2 N–H and O–H groups in total. The zero-order chi connectivity index (χ0) is 9.84. The maximum atomic E-state index is 10.3. The summed E-state index contributed by atoms with van der Waals surface area (Å²) < 4.78 is 5.67. The number of pyridine rings is 1. The van der Waals surface area contributed by atoms with E-state index < -0.39 is 6.09 Å². The fourth-order valence-electron chi connectivity index (χ4n) is 0.767. The highest BCUT2D eigenvalue weighted by molar-refractivity contribution is 14.1. The predicted molar refractivity (Wildman–Crippen MR) is 55.2 cm³/mol. The van der Waals surface area contributed by atoms with Gasteiger partial charge in [-0.25, -0.2) is 9.78 Å². The van der Waals surface area contributed by atoms with Gasteiger partial charge in [0.1, 0.15) is 0 Å². The number of hydrogen-bond acceptors (Lipinski definition) is 3. The number of carbonyl (C=O) groups is 1. The van der Waals surface area contributed by atoms with E-state index in [1.165, 1.54) is 13.3 Å². The molecular weight excluding hydrogens is 287 g/mol. The Morgan fingerprint density at radius 3 is 2.92 bits per heavy atom. The van der Waals surface area contributed by atoms with Crippen molar-refractivity contribution in [3.63, 3.8) is 0 Å². The van der Waals surface area contributed by atoms with Crippen LogP contribution < -0.4 is 10.1 Å². The number of ether oxygens (including phenoxy) is 1. The van der Waals surface area contributed by atoms with E-state index >= 15 is 0 Å². The number of nitrogens with zero attached hydrogens (tertiary/aromatic N) is 1. The summed E-state index contributed by atoms with van der Waals surface area (Å²) in [7, 11) is 1.51. The second kappa shape index (κ2) is 4.26. The van der Waals surface area contributed by atoms with Crippen molar-refractivity contribution < 1.29 is 14.6 Å². The zero-order valence-corrected chi connectivity index (χ0v) is 8.90. The Kier molecular flexibility index (Phi) is 3.29. The Hall–Kier alpha value is -1.05. The van der Waals surface area contributed by atoms with Crippen LogP contribution in [0.5, 0.6) is 5.88 Å². The Bertz CT molecular complexity index is 330. The lowest BCUT2D eigenvalue weighted by atomic mass is 10.4. The predicted octanol–water partition coefficient (Wildman–Crippen LogP) is 1.78. The van der Waals surface area contributed by atoms with E-state index in [0.717, 1.165) is 3.57 Å². The standard InChI is InChI=1S/C7H7IN2O3/c1-13-6-5(8)2-4(3-9-6)10-7(11)12/h2-3,10H,1H3,(H,11,12). The monoisotopic (exact) mass is 294 g/mol. The van der Waals surface area contributed by atoms with Crippen LogP contribution in [-0.2, 0) is 0 Å². The number of anilines is 1. The van der Waals surface area contributed by atoms with Gasteiger partial charge in [-0.2, -0.15) is 0 Å². The second-order valence-electron chi connectivity index (χ2n) is 2.15. The molecule has 1 aromatic heterocycles. The Balaban J connectivity index is 2.89. The molecule has 13 heavy (non-hydrogen) atoms. The number of rotatable bonds is 2. The van der Waals surface area contributed by atoms with E-state index in [4.69, 9.17) is 9.84 Å². The van der Waals surface area contributed by atoms with Crippen molar-refractivity contribution in [2.75, 3.05) is 12.4 Å². The molecule has 5 nitrogen and oxygen atoms in total. The summed E-state index contributed by atoms with van der Waals surface area (Å²) >= 11 is 2.01. The maximum Gasteiger partial charge on any atom is 0.409 e. The molecule has 1 aromatic rings. The largest absolute Gasteiger partial charge is 0.480 e. The number of halogens is 1. The second-order valence-corrected chi connectivity index (χ2v) is 3.31. The van der Waals surface area contributed by atoms with E-state index in [2.05, 4.69) is 10.3 Å². The lowest BCUT2D eigenvalue weighted by Crippen LogP contribution is -2.07. The molecule has 0 aliphatic heterocycles. The molecule has 1 rings (SSSR count). The number of amides is 1. The van der Waals surface area contributed by atoms with E-state index in [1.807, 2.05) is 22.6 Å². The fourth-order valence-corrected chi connectivity index (χ4v) is 1.46. The van der Waals surface area contributed by atoms with Crippen LogP contribution in [0.1, 0.15) is 0 Å². The molecule has 0 aromatic carbocycles. The summed E-state index contributed by atoms with van der Waals surface area (Å²) in [5.41, 5.74) is 0.428. The molecule has 1 heterocycles. The van der Waals surface area contributed by atoms with Crippen molar-refractivity contribution in [1.82, 2.24) is 4.98 Å². The average Bonchev–Trinajstić information content (AvgIpc) is 2.03. The van der Waals surface area contributed by atoms with Gasteiger partial charge in [0.05, 0.1) is 22.6 Å². The van der Waals surface area contributed by atoms with Gasteiger partial charge in [0.25, 0.3) is 0 Å². The first-order valence-corrected chi connectivity index (χ1v) is 4.41. The van der Waals surface area contributed by atoms with Crippen molar-refractivity contribution in [2.45, 2.75) is 0 Å². The summed E-state index contributed by atoms with van der Waals surface area (Å²) in [6.07, 6.45) is 0.289. The van der Waals surface area contributed by atoms with Gasteiger partial charge in [0.2, 0.25) is 5.88 Å². The SMILES string of the molecule is COc1ncc(NC(=O)O)cc1I. The highest BCUT2D eigenvalue weighted by Crippen LogP contribution is 2.20. The van der Waals surface area contributed by atoms with Crippen LogP contribution in [0.25, 0.3) is 0 Å². The fraction of sp³-hybridized carbons (Fsp3) is 0.143. The lowest BCUT2D eigenvalue weighted by molar-refractivity contribution is 0.209. The smallest absolute Gasteiger partial charge is 0.409 e. The summed E-state index contributed by atoms with van der Waals surface area (Å²) in [6, 6.07) is 1.64. The lowest BCUT2D eigenvalue weighted by Gasteiger charge is -2.04. The summed E-state index contributed by atoms with van der Waals surface area (Å²) in [5, 5.41) is 10.6. The Morgan fingerprint density at radius 2 is 2.46 bits per heavy atom. The van der Waals surface area contributed by atoms with E-state index in [9.17, 15) is 4.79 Å². The number of nitrogens with one attached hydrogen (secondary N) is 1. The van der Waals surface area contributed by atoms with Crippen LogP contribution in [-0.4, -0.2) is 23.3 Å². The number of carboxylic acid groups (broad SMARTS) is 1. The molecule has 0 atom stereocenters. The van der Waals surface area contributed by atoms with Crippen molar-refractivity contribution in [3.05, 3.63) is 15.8 Å². The van der Waals surface area contributed by atoms with Crippen LogP contribution in [0.4, 0.5) is 10.5 Å². The molecule has 0 fully saturated rings. The maximum absolute atomic E-state index is 10.3. The molecule has 0 radical (unpaired) electrons. The van der Waals surface area contributed by atoms with Gasteiger partial charge in [-0.1, -0.05) is 0 Å². The molecule has 0 saturated carbocycles. The minimum absolute atomic E-state index is 0.428. The number of hydrogen-bond donors (Lipinski definition) is 2. The van der Waals surface area contributed by atoms with Crippen LogP contribution in [0.15, 0.2) is 12.3 Å². The van der Waals surface area contributed by atoms with Crippen molar-refractivity contribution in [3.8, 4) is 5.88 Å². The third-order valence-corrected chi connectivity index (χ3v) is 2.02. The van der Waals surface area contributed by atoms with E-state index in [0.29, 0.717) is 11.6 Å². The highest BCUT2D eigenvalue weighted by Gasteiger charge is 2.04. The minimum Gasteiger partial charge on any atom is -0.480 e. The van der Waals surface area contributed by atoms with Gasteiger partial charge >= 0.3 is 6.09 Å².